The number of benzene rings is 2. The van der Waals surface area contributed by atoms with Crippen LogP contribution in [-0.2, 0) is 23.8 Å². The SMILES string of the molecule is CCCCOc1ccc(/C=C/C(=O)O[C@@H]2CC[C@H]3[C@@H]2OC[C@H]3OC(=O)/C=C/c2ccc(C)cc2)cc1. The van der Waals surface area contributed by atoms with Crippen LogP contribution in [0.5, 0.6) is 5.75 Å². The predicted octanol–water partition coefficient (Wildman–Crippen LogP) is 5.53. The topological polar surface area (TPSA) is 71.1 Å². The summed E-state index contributed by atoms with van der Waals surface area (Å²) in [7, 11) is 0. The fraction of sp³-hybridized carbons (Fsp3) is 0.400. The van der Waals surface area contributed by atoms with Gasteiger partial charge in [0, 0.05) is 18.1 Å². The second-order valence-electron chi connectivity index (χ2n) is 9.34. The maximum absolute atomic E-state index is 12.4. The summed E-state index contributed by atoms with van der Waals surface area (Å²) in [5.41, 5.74) is 3.00. The largest absolute Gasteiger partial charge is 0.494 e. The first-order valence-electron chi connectivity index (χ1n) is 12.7. The average Bonchev–Trinajstić information content (AvgIpc) is 3.46. The van der Waals surface area contributed by atoms with Gasteiger partial charge in [-0.25, -0.2) is 9.59 Å². The van der Waals surface area contributed by atoms with Crippen LogP contribution in [0.15, 0.2) is 60.7 Å². The maximum Gasteiger partial charge on any atom is 0.331 e. The number of fused-ring (bicyclic) bond motifs is 1. The van der Waals surface area contributed by atoms with E-state index in [9.17, 15) is 9.59 Å². The Kier molecular flexibility index (Phi) is 8.95. The third-order valence-electron chi connectivity index (χ3n) is 6.59. The van der Waals surface area contributed by atoms with Gasteiger partial charge in [-0.3, -0.25) is 0 Å². The quantitative estimate of drug-likeness (QED) is 0.248. The fourth-order valence-corrected chi connectivity index (χ4v) is 4.56. The summed E-state index contributed by atoms with van der Waals surface area (Å²) in [6.45, 7) is 5.16. The molecule has 1 aliphatic carbocycles. The van der Waals surface area contributed by atoms with Crippen molar-refractivity contribution in [2.75, 3.05) is 13.2 Å². The molecule has 4 atom stereocenters. The first-order valence-corrected chi connectivity index (χ1v) is 12.7. The number of hydrogen-bond acceptors (Lipinski definition) is 6. The molecule has 4 rings (SSSR count). The molecule has 0 bridgehead atoms. The van der Waals surface area contributed by atoms with E-state index in [1.54, 1.807) is 12.2 Å². The summed E-state index contributed by atoms with van der Waals surface area (Å²) in [6, 6.07) is 15.5. The van der Waals surface area contributed by atoms with Gasteiger partial charge in [-0.15, -0.1) is 0 Å². The van der Waals surface area contributed by atoms with Crippen molar-refractivity contribution in [1.82, 2.24) is 0 Å². The van der Waals surface area contributed by atoms with Gasteiger partial charge in [-0.05, 0) is 61.6 Å². The molecule has 0 radical (unpaired) electrons. The van der Waals surface area contributed by atoms with Gasteiger partial charge in [0.05, 0.1) is 13.2 Å². The molecule has 0 N–H and O–H groups in total. The number of unbranched alkanes of at least 4 members (excludes halogenated alkanes) is 1. The van der Waals surface area contributed by atoms with Crippen LogP contribution in [0.2, 0.25) is 0 Å². The van der Waals surface area contributed by atoms with E-state index in [1.165, 1.54) is 12.2 Å². The Morgan fingerprint density at radius 2 is 1.50 bits per heavy atom. The van der Waals surface area contributed by atoms with Gasteiger partial charge in [0.2, 0.25) is 0 Å². The Morgan fingerprint density at radius 1 is 0.889 bits per heavy atom. The lowest BCUT2D eigenvalue weighted by Crippen LogP contribution is -2.30. The number of carbonyl (C=O) groups excluding carboxylic acids is 2. The number of hydrogen-bond donors (Lipinski definition) is 0. The summed E-state index contributed by atoms with van der Waals surface area (Å²) < 4.78 is 22.9. The lowest BCUT2D eigenvalue weighted by Gasteiger charge is -2.18. The van der Waals surface area contributed by atoms with Gasteiger partial charge < -0.3 is 18.9 Å². The molecule has 190 valence electrons. The highest BCUT2D eigenvalue weighted by atomic mass is 16.6. The van der Waals surface area contributed by atoms with Crippen LogP contribution < -0.4 is 4.74 Å². The van der Waals surface area contributed by atoms with E-state index in [0.717, 1.165) is 41.7 Å². The van der Waals surface area contributed by atoms with Gasteiger partial charge in [-0.1, -0.05) is 55.3 Å². The predicted molar refractivity (Wildman–Crippen MR) is 138 cm³/mol. The summed E-state index contributed by atoms with van der Waals surface area (Å²) in [5, 5.41) is 0. The molecule has 0 spiro atoms. The lowest BCUT2D eigenvalue weighted by molar-refractivity contribution is -0.148. The third kappa shape index (κ3) is 7.08. The zero-order valence-electron chi connectivity index (χ0n) is 20.9. The Bertz CT molecular complexity index is 1070. The minimum Gasteiger partial charge on any atom is -0.494 e. The highest BCUT2D eigenvalue weighted by Gasteiger charge is 2.49. The van der Waals surface area contributed by atoms with Crippen molar-refractivity contribution < 1.29 is 28.5 Å². The van der Waals surface area contributed by atoms with Gasteiger partial charge in [-0.2, -0.15) is 0 Å². The Balaban J connectivity index is 1.23. The van der Waals surface area contributed by atoms with E-state index in [1.807, 2.05) is 55.5 Å². The molecule has 2 aromatic rings. The van der Waals surface area contributed by atoms with Crippen molar-refractivity contribution in [2.24, 2.45) is 5.92 Å². The van der Waals surface area contributed by atoms with Crippen LogP contribution >= 0.6 is 0 Å². The second-order valence-corrected chi connectivity index (χ2v) is 9.34. The van der Waals surface area contributed by atoms with Crippen molar-refractivity contribution in [3.8, 4) is 5.75 Å². The van der Waals surface area contributed by atoms with E-state index in [2.05, 4.69) is 6.92 Å². The molecular formula is C30H34O6. The molecule has 0 unspecified atom stereocenters. The molecule has 2 aliphatic rings. The third-order valence-corrected chi connectivity index (χ3v) is 6.59. The van der Waals surface area contributed by atoms with Crippen molar-refractivity contribution in [3.05, 3.63) is 77.4 Å². The number of ether oxygens (including phenoxy) is 4. The first-order chi connectivity index (χ1) is 17.5. The molecule has 1 saturated carbocycles. The van der Waals surface area contributed by atoms with E-state index in [-0.39, 0.29) is 24.2 Å². The lowest BCUT2D eigenvalue weighted by atomic mass is 10.0. The van der Waals surface area contributed by atoms with Gasteiger partial charge in [0.25, 0.3) is 0 Å². The highest BCUT2D eigenvalue weighted by molar-refractivity contribution is 5.87. The van der Waals surface area contributed by atoms with Crippen molar-refractivity contribution in [2.45, 2.75) is 57.8 Å². The molecule has 36 heavy (non-hydrogen) atoms. The standard InChI is InChI=1S/C30H34O6/c1-3-4-19-33-24-13-9-23(10-14-24)12-17-28(31)35-26-16-15-25-27(20-34-30(25)26)36-29(32)18-11-22-7-5-21(2)6-8-22/h5-14,17-18,25-27,30H,3-4,15-16,19-20H2,1-2H3/b17-12+,18-11+/t25-,26-,27-,30+/m1/s1. The van der Waals surface area contributed by atoms with E-state index >= 15 is 0 Å². The van der Waals surface area contributed by atoms with Gasteiger partial charge >= 0.3 is 11.9 Å². The number of aryl methyl sites for hydroxylation is 1. The molecule has 2 fully saturated rings. The summed E-state index contributed by atoms with van der Waals surface area (Å²) in [5.74, 6) is 0.0483. The van der Waals surface area contributed by atoms with Crippen LogP contribution in [0.3, 0.4) is 0 Å². The number of rotatable bonds is 10. The zero-order chi connectivity index (χ0) is 25.3. The first kappa shape index (κ1) is 25.7. The summed E-state index contributed by atoms with van der Waals surface area (Å²) in [6.07, 6.45) is 9.01. The van der Waals surface area contributed by atoms with E-state index < -0.39 is 11.9 Å². The van der Waals surface area contributed by atoms with Crippen LogP contribution in [0, 0.1) is 12.8 Å². The molecule has 1 aliphatic heterocycles. The summed E-state index contributed by atoms with van der Waals surface area (Å²) in [4.78, 5) is 24.7. The summed E-state index contributed by atoms with van der Waals surface area (Å²) >= 11 is 0. The van der Waals surface area contributed by atoms with Crippen LogP contribution in [0.1, 0.15) is 49.3 Å². The molecular weight excluding hydrogens is 456 g/mol. The van der Waals surface area contributed by atoms with Crippen molar-refractivity contribution in [3.63, 3.8) is 0 Å². The monoisotopic (exact) mass is 490 g/mol. The van der Waals surface area contributed by atoms with Gasteiger partial charge in [0.15, 0.2) is 0 Å². The van der Waals surface area contributed by atoms with Crippen LogP contribution in [0.25, 0.3) is 12.2 Å². The minimum atomic E-state index is -0.408. The number of carbonyl (C=O) groups is 2. The van der Waals surface area contributed by atoms with E-state index in [4.69, 9.17) is 18.9 Å². The van der Waals surface area contributed by atoms with E-state index in [0.29, 0.717) is 19.6 Å². The Morgan fingerprint density at radius 3 is 2.14 bits per heavy atom. The second kappa shape index (κ2) is 12.5. The number of esters is 2. The Hall–Kier alpha value is -3.38. The van der Waals surface area contributed by atoms with Crippen LogP contribution in [-0.4, -0.2) is 43.5 Å². The highest BCUT2D eigenvalue weighted by Crippen LogP contribution is 2.39. The molecule has 0 aromatic heterocycles. The molecule has 1 heterocycles. The van der Waals surface area contributed by atoms with Crippen molar-refractivity contribution >= 4 is 24.1 Å². The fourth-order valence-electron chi connectivity index (χ4n) is 4.56. The molecule has 1 saturated heterocycles. The zero-order valence-corrected chi connectivity index (χ0v) is 20.9. The normalized spacial score (nSPS) is 23.2. The maximum atomic E-state index is 12.4. The average molecular weight is 491 g/mol. The molecule has 2 aromatic carbocycles. The molecule has 6 heteroatoms. The van der Waals surface area contributed by atoms with Crippen LogP contribution in [0.4, 0.5) is 0 Å². The van der Waals surface area contributed by atoms with Crippen molar-refractivity contribution in [1.29, 1.82) is 0 Å². The smallest absolute Gasteiger partial charge is 0.331 e. The van der Waals surface area contributed by atoms with Gasteiger partial charge in [0.1, 0.15) is 24.1 Å². The molecule has 0 amide bonds. The Labute approximate surface area is 212 Å². The molecule has 6 nitrogen and oxygen atoms in total. The minimum absolute atomic E-state index is 0.0313.